The second-order valence-corrected chi connectivity index (χ2v) is 15.2. The average molecular weight is 678 g/mol. The first kappa shape index (κ1) is 33.9. The van der Waals surface area contributed by atoms with E-state index in [1.54, 1.807) is 30.3 Å². The predicted molar refractivity (Wildman–Crippen MR) is 180 cm³/mol. The number of rotatable bonds is 13. The van der Waals surface area contributed by atoms with Crippen LogP contribution in [0.4, 0.5) is 10.5 Å². The van der Waals surface area contributed by atoms with Crippen LogP contribution in [0.3, 0.4) is 0 Å². The van der Waals surface area contributed by atoms with E-state index in [1.807, 2.05) is 51.1 Å². The Morgan fingerprint density at radius 1 is 1.08 bits per heavy atom. The van der Waals surface area contributed by atoms with Crippen LogP contribution in [0.25, 0.3) is 11.6 Å². The topological polar surface area (TPSA) is 136 Å². The monoisotopic (exact) mass is 677 g/mol. The molecule has 2 amide bonds. The first-order valence-electron chi connectivity index (χ1n) is 16.5. The molecule has 2 fully saturated rings. The Labute approximate surface area is 281 Å². The van der Waals surface area contributed by atoms with E-state index in [9.17, 15) is 18.0 Å². The van der Waals surface area contributed by atoms with Gasteiger partial charge in [0.15, 0.2) is 6.29 Å². The third-order valence-electron chi connectivity index (χ3n) is 9.18. The van der Waals surface area contributed by atoms with Crippen molar-refractivity contribution in [3.63, 3.8) is 0 Å². The summed E-state index contributed by atoms with van der Waals surface area (Å²) in [6.45, 7) is 7.65. The Bertz CT molecular complexity index is 1720. The lowest BCUT2D eigenvalue weighted by Gasteiger charge is -2.31. The van der Waals surface area contributed by atoms with Gasteiger partial charge in [-0.1, -0.05) is 51.1 Å². The fourth-order valence-electron chi connectivity index (χ4n) is 6.62. The van der Waals surface area contributed by atoms with Crippen molar-refractivity contribution < 1.29 is 36.6 Å². The maximum absolute atomic E-state index is 14.3. The van der Waals surface area contributed by atoms with E-state index in [0.717, 1.165) is 12.0 Å². The summed E-state index contributed by atoms with van der Waals surface area (Å²) in [5, 5.41) is 5.85. The van der Waals surface area contributed by atoms with Gasteiger partial charge in [0.2, 0.25) is 10.0 Å². The van der Waals surface area contributed by atoms with Crippen molar-refractivity contribution in [2.45, 2.75) is 50.8 Å². The quantitative estimate of drug-likeness (QED) is 0.230. The van der Waals surface area contributed by atoms with Gasteiger partial charge in [-0.3, -0.25) is 4.79 Å². The number of nitrogens with one attached hydrogen (secondary N) is 2. The Hall–Kier alpha value is -3.97. The molecule has 0 aliphatic carbocycles. The lowest BCUT2D eigenvalue weighted by Crippen LogP contribution is -2.47. The summed E-state index contributed by atoms with van der Waals surface area (Å²) < 4.78 is 52.5. The van der Waals surface area contributed by atoms with E-state index in [2.05, 4.69) is 10.6 Å². The largest absolute Gasteiger partial charge is 0.465 e. The predicted octanol–water partition coefficient (Wildman–Crippen LogP) is 5.40. The summed E-state index contributed by atoms with van der Waals surface area (Å²) in [6.07, 6.45) is 3.72. The minimum Gasteiger partial charge on any atom is -0.465 e. The molecule has 3 aliphatic heterocycles. The summed E-state index contributed by atoms with van der Waals surface area (Å²) in [6, 6.07) is 17.5. The highest BCUT2D eigenvalue weighted by molar-refractivity contribution is 7.89. The molecular formula is C36H43N3O8S. The maximum Gasteiger partial charge on any atom is 0.407 e. The van der Waals surface area contributed by atoms with Gasteiger partial charge in [-0.15, -0.1) is 0 Å². The van der Waals surface area contributed by atoms with Crippen LogP contribution in [-0.2, 0) is 35.4 Å². The van der Waals surface area contributed by atoms with Crippen molar-refractivity contribution in [3.05, 3.63) is 83.8 Å². The molecule has 11 nitrogen and oxygen atoms in total. The highest BCUT2D eigenvalue weighted by atomic mass is 32.2. The van der Waals surface area contributed by atoms with Crippen molar-refractivity contribution in [1.82, 2.24) is 9.62 Å². The molecule has 0 spiro atoms. The van der Waals surface area contributed by atoms with E-state index in [1.165, 1.54) is 16.6 Å². The number of carbonyl (C=O) groups excluding carboxylic acids is 2. The van der Waals surface area contributed by atoms with Gasteiger partial charge < -0.3 is 29.3 Å². The second-order valence-electron chi connectivity index (χ2n) is 13.3. The smallest absolute Gasteiger partial charge is 0.407 e. The lowest BCUT2D eigenvalue weighted by atomic mass is 9.94. The number of benzene rings is 2. The highest BCUT2D eigenvalue weighted by Crippen LogP contribution is 2.37. The summed E-state index contributed by atoms with van der Waals surface area (Å²) >= 11 is 0. The van der Waals surface area contributed by atoms with Crippen molar-refractivity contribution in [2.75, 3.05) is 38.2 Å². The average Bonchev–Trinajstić information content (AvgIpc) is 3.86. The SMILES string of the molecule is CC(C)CN(C[C@@H](C)[C@H](Cc1ccccc1)NC(=O)OCC1COC2OCCC12)S(=O)(=O)c1ccc2c(c1)/C(=C/c1ccco1)C(=O)N2. The number of ether oxygens (including phenoxy) is 3. The van der Waals surface area contributed by atoms with Crippen LogP contribution < -0.4 is 10.6 Å². The number of sulfonamides is 1. The van der Waals surface area contributed by atoms with Crippen molar-refractivity contribution in [2.24, 2.45) is 23.7 Å². The fourth-order valence-corrected chi connectivity index (χ4v) is 8.35. The molecule has 0 saturated carbocycles. The molecule has 256 valence electrons. The van der Waals surface area contributed by atoms with Crippen LogP contribution in [0.1, 0.15) is 44.1 Å². The summed E-state index contributed by atoms with van der Waals surface area (Å²) in [7, 11) is -4.01. The molecule has 3 aliphatic rings. The van der Waals surface area contributed by atoms with E-state index >= 15 is 0 Å². The summed E-state index contributed by atoms with van der Waals surface area (Å²) in [4.78, 5) is 26.0. The maximum atomic E-state index is 14.3. The number of hydrogen-bond acceptors (Lipinski definition) is 8. The molecule has 2 N–H and O–H groups in total. The zero-order valence-electron chi connectivity index (χ0n) is 27.5. The van der Waals surface area contributed by atoms with Gasteiger partial charge in [0, 0.05) is 42.2 Å². The molecule has 5 atom stereocenters. The number of alkyl carbamates (subject to hydrolysis) is 1. The fraction of sp³-hybridized carbons (Fsp3) is 0.444. The number of nitrogens with zero attached hydrogens (tertiary/aromatic N) is 1. The molecule has 12 heteroatoms. The van der Waals surface area contributed by atoms with E-state index < -0.39 is 22.2 Å². The Morgan fingerprint density at radius 2 is 1.90 bits per heavy atom. The number of carbonyl (C=O) groups is 2. The van der Waals surface area contributed by atoms with Gasteiger partial charge in [-0.2, -0.15) is 4.31 Å². The molecule has 0 bridgehead atoms. The molecule has 48 heavy (non-hydrogen) atoms. The number of hydrogen-bond donors (Lipinski definition) is 2. The Balaban J connectivity index is 1.21. The zero-order chi connectivity index (χ0) is 33.8. The zero-order valence-corrected chi connectivity index (χ0v) is 28.3. The van der Waals surface area contributed by atoms with Crippen molar-refractivity contribution in [1.29, 1.82) is 0 Å². The highest BCUT2D eigenvalue weighted by Gasteiger charge is 2.42. The number of furan rings is 1. The molecule has 4 heterocycles. The summed E-state index contributed by atoms with van der Waals surface area (Å²) in [5.74, 6) is 0.188. The third kappa shape index (κ3) is 7.67. The molecular weight excluding hydrogens is 634 g/mol. The van der Waals surface area contributed by atoms with E-state index in [-0.39, 0.29) is 60.5 Å². The van der Waals surface area contributed by atoms with Crippen LogP contribution in [0.2, 0.25) is 0 Å². The lowest BCUT2D eigenvalue weighted by molar-refractivity contribution is -0.110. The van der Waals surface area contributed by atoms with Crippen LogP contribution in [-0.4, -0.2) is 70.0 Å². The van der Waals surface area contributed by atoms with E-state index in [4.69, 9.17) is 18.6 Å². The van der Waals surface area contributed by atoms with Crippen LogP contribution in [0, 0.1) is 23.7 Å². The molecule has 1 aromatic heterocycles. The molecule has 0 radical (unpaired) electrons. The van der Waals surface area contributed by atoms with Gasteiger partial charge in [0.25, 0.3) is 5.91 Å². The van der Waals surface area contributed by atoms with Crippen molar-refractivity contribution >= 4 is 39.4 Å². The summed E-state index contributed by atoms with van der Waals surface area (Å²) in [5.41, 5.74) is 2.36. The van der Waals surface area contributed by atoms with Crippen molar-refractivity contribution in [3.8, 4) is 0 Å². The number of anilines is 1. The molecule has 3 unspecified atom stereocenters. The minimum absolute atomic E-state index is 0.0292. The Morgan fingerprint density at radius 3 is 2.65 bits per heavy atom. The number of fused-ring (bicyclic) bond motifs is 2. The molecule has 2 saturated heterocycles. The first-order chi connectivity index (χ1) is 23.1. The van der Waals surface area contributed by atoms with Gasteiger partial charge in [-0.25, -0.2) is 13.2 Å². The molecule has 3 aromatic rings. The minimum atomic E-state index is -4.01. The van der Waals surface area contributed by atoms with E-state index in [0.29, 0.717) is 42.2 Å². The van der Waals surface area contributed by atoms with Gasteiger partial charge >= 0.3 is 6.09 Å². The standard InChI is InChI=1S/C36H43N3O8S/c1-23(2)19-39(48(42,43)28-11-12-32-30(18-28)31(34(40)37-32)17-27-10-7-14-44-27)20-24(3)33(16-25-8-5-4-6-9-25)38-36(41)47-22-26-21-46-35-29(26)13-15-45-35/h4-12,14,17-18,23-24,26,29,33,35H,13,15-16,19-22H2,1-3H3,(H,37,40)(H,38,41)/b31-17-/t24-,26?,29?,33+,35?/m1/s1. The Kier molecular flexibility index (Phi) is 10.4. The number of amides is 2. The van der Waals surface area contributed by atoms with Gasteiger partial charge in [0.1, 0.15) is 5.76 Å². The van der Waals surface area contributed by atoms with Crippen LogP contribution in [0.5, 0.6) is 0 Å². The molecule has 6 rings (SSSR count). The van der Waals surface area contributed by atoms with Crippen LogP contribution in [0.15, 0.2) is 76.2 Å². The van der Waals surface area contributed by atoms with Crippen LogP contribution >= 0.6 is 0 Å². The second kappa shape index (κ2) is 14.7. The first-order valence-corrected chi connectivity index (χ1v) is 17.9. The van der Waals surface area contributed by atoms with Gasteiger partial charge in [-0.05, 0) is 66.6 Å². The third-order valence-corrected chi connectivity index (χ3v) is 11.0. The van der Waals surface area contributed by atoms with Gasteiger partial charge in [0.05, 0.1) is 36.6 Å². The molecule has 2 aromatic carbocycles. The normalized spacial score (nSPS) is 22.5.